The van der Waals surface area contributed by atoms with Crippen LogP contribution in [-0.4, -0.2) is 41.4 Å². The number of carbonyl (C=O) groups excluding carboxylic acids is 1. The second kappa shape index (κ2) is 7.52. The highest BCUT2D eigenvalue weighted by Gasteiger charge is 2.65. The van der Waals surface area contributed by atoms with Crippen molar-refractivity contribution in [2.45, 2.75) is 37.4 Å². The molecule has 4 heterocycles. The first kappa shape index (κ1) is 19.6. The molecule has 164 valence electrons. The van der Waals surface area contributed by atoms with Crippen LogP contribution in [0.25, 0.3) is 11.3 Å². The van der Waals surface area contributed by atoms with Crippen LogP contribution in [0.1, 0.15) is 36.4 Å². The molecule has 0 bridgehead atoms. The lowest BCUT2D eigenvalue weighted by atomic mass is 9.85. The average Bonchev–Trinajstić information content (AvgIpc) is 3.59. The number of likely N-dealkylation sites (tertiary alicyclic amines) is 1. The maximum Gasteiger partial charge on any atom is 0.243 e. The Balaban J connectivity index is 1.32. The number of nitrogens with zero attached hydrogens (tertiary/aromatic N) is 2. The number of amides is 1. The summed E-state index contributed by atoms with van der Waals surface area (Å²) < 4.78 is 11.3. The number of rotatable bonds is 5. The summed E-state index contributed by atoms with van der Waals surface area (Å²) in [7, 11) is 1.69. The second-order valence-corrected chi connectivity index (χ2v) is 9.23. The monoisotopic (exact) mass is 428 g/mol. The minimum atomic E-state index is -0.358. The van der Waals surface area contributed by atoms with Crippen molar-refractivity contribution in [3.05, 3.63) is 78.1 Å². The molecular formula is C27H28N2O3. The van der Waals surface area contributed by atoms with Crippen LogP contribution < -0.4 is 4.74 Å². The van der Waals surface area contributed by atoms with E-state index in [-0.39, 0.29) is 11.6 Å². The molecule has 0 unspecified atom stereocenters. The summed E-state index contributed by atoms with van der Waals surface area (Å²) in [5.74, 6) is 2.39. The van der Waals surface area contributed by atoms with Gasteiger partial charge in [-0.3, -0.25) is 9.69 Å². The third-order valence-electron chi connectivity index (χ3n) is 7.79. The summed E-state index contributed by atoms with van der Waals surface area (Å²) in [6.45, 7) is 2.40. The first-order valence-corrected chi connectivity index (χ1v) is 11.5. The van der Waals surface area contributed by atoms with E-state index in [9.17, 15) is 4.79 Å². The van der Waals surface area contributed by atoms with Gasteiger partial charge in [-0.25, -0.2) is 0 Å². The van der Waals surface area contributed by atoms with Crippen molar-refractivity contribution in [2.75, 3.05) is 20.2 Å². The van der Waals surface area contributed by atoms with Crippen LogP contribution in [0.4, 0.5) is 0 Å². The van der Waals surface area contributed by atoms with Gasteiger partial charge in [-0.1, -0.05) is 42.5 Å². The van der Waals surface area contributed by atoms with Crippen molar-refractivity contribution in [3.8, 4) is 17.1 Å². The van der Waals surface area contributed by atoms with Gasteiger partial charge >= 0.3 is 0 Å². The fraction of sp³-hybridized carbons (Fsp3) is 0.370. The molecule has 2 aromatic carbocycles. The smallest absolute Gasteiger partial charge is 0.243 e. The second-order valence-electron chi connectivity index (χ2n) is 9.23. The molecule has 6 rings (SSSR count). The fourth-order valence-electron chi connectivity index (χ4n) is 6.49. The zero-order valence-corrected chi connectivity index (χ0v) is 18.4. The van der Waals surface area contributed by atoms with Gasteiger partial charge in [0.25, 0.3) is 0 Å². The molecule has 0 N–H and O–H groups in total. The molecule has 0 saturated carbocycles. The van der Waals surface area contributed by atoms with Crippen LogP contribution in [0.5, 0.6) is 5.75 Å². The minimum Gasteiger partial charge on any atom is -0.496 e. The van der Waals surface area contributed by atoms with Gasteiger partial charge in [-0.2, -0.15) is 0 Å². The molecule has 5 heteroatoms. The van der Waals surface area contributed by atoms with Crippen LogP contribution in [0, 0.1) is 5.92 Å². The number of carbonyl (C=O) groups is 1. The number of hydrogen-bond acceptors (Lipinski definition) is 4. The number of methoxy groups -OCH3 is 1. The zero-order chi connectivity index (χ0) is 21.7. The van der Waals surface area contributed by atoms with E-state index in [0.717, 1.165) is 55.0 Å². The lowest BCUT2D eigenvalue weighted by Gasteiger charge is -2.34. The average molecular weight is 429 g/mol. The van der Waals surface area contributed by atoms with Gasteiger partial charge in [0.1, 0.15) is 17.0 Å². The normalized spacial score (nSPS) is 27.0. The molecule has 1 spiro atoms. The Bertz CT molecular complexity index is 1140. The fourth-order valence-corrected chi connectivity index (χ4v) is 6.49. The Morgan fingerprint density at radius 3 is 2.78 bits per heavy atom. The van der Waals surface area contributed by atoms with E-state index in [1.54, 1.807) is 13.4 Å². The minimum absolute atomic E-state index is 0.251. The maximum atomic E-state index is 13.9. The lowest BCUT2D eigenvalue weighted by molar-refractivity contribution is -0.137. The Morgan fingerprint density at radius 1 is 1.09 bits per heavy atom. The van der Waals surface area contributed by atoms with E-state index in [1.807, 2.05) is 30.3 Å². The number of benzene rings is 2. The molecule has 3 aliphatic rings. The van der Waals surface area contributed by atoms with E-state index in [4.69, 9.17) is 9.15 Å². The van der Waals surface area contributed by atoms with Gasteiger partial charge < -0.3 is 14.1 Å². The van der Waals surface area contributed by atoms with E-state index >= 15 is 0 Å². The standard InChI is InChI=1S/C27H28N2O3/c1-31-24-11-5-2-8-19(24)17-28-18-20-16-23(29-14-7-13-27(20,29)26(28)30)21-9-3-4-10-22(21)25-12-6-15-32-25/h2-6,8-12,15,20,23H,7,13-14,16-18H2,1H3/t20-,23-,27-/m0/s1. The predicted octanol–water partition coefficient (Wildman–Crippen LogP) is 4.89. The number of hydrogen-bond donors (Lipinski definition) is 0. The SMILES string of the molecule is COc1ccccc1CN1C[C@@H]2C[C@@H](c3ccccc3-c3ccco3)N3CCC[C@@]23C1=O. The summed E-state index contributed by atoms with van der Waals surface area (Å²) in [6, 6.07) is 20.8. The van der Waals surface area contributed by atoms with Gasteiger partial charge in [0.2, 0.25) is 5.91 Å². The highest BCUT2D eigenvalue weighted by molar-refractivity contribution is 5.90. The predicted molar refractivity (Wildman–Crippen MR) is 122 cm³/mol. The van der Waals surface area contributed by atoms with Crippen molar-refractivity contribution in [1.29, 1.82) is 0 Å². The van der Waals surface area contributed by atoms with E-state index in [2.05, 4.69) is 40.1 Å². The van der Waals surface area contributed by atoms with Gasteiger partial charge in [-0.05, 0) is 49.6 Å². The topological polar surface area (TPSA) is 45.9 Å². The van der Waals surface area contributed by atoms with Crippen LogP contribution in [0.3, 0.4) is 0 Å². The summed E-state index contributed by atoms with van der Waals surface area (Å²) >= 11 is 0. The van der Waals surface area contributed by atoms with Crippen molar-refractivity contribution in [1.82, 2.24) is 9.80 Å². The first-order valence-electron chi connectivity index (χ1n) is 11.5. The van der Waals surface area contributed by atoms with Gasteiger partial charge in [0.05, 0.1) is 13.4 Å². The molecule has 1 aromatic heterocycles. The van der Waals surface area contributed by atoms with E-state index in [0.29, 0.717) is 18.4 Å². The maximum absolute atomic E-state index is 13.9. The molecule has 5 nitrogen and oxygen atoms in total. The number of furan rings is 1. The largest absolute Gasteiger partial charge is 0.496 e. The molecule has 0 radical (unpaired) electrons. The molecule has 1 amide bonds. The molecule has 3 aromatic rings. The molecule has 3 atom stereocenters. The summed E-state index contributed by atoms with van der Waals surface area (Å²) in [5, 5.41) is 0. The quantitative estimate of drug-likeness (QED) is 0.580. The number of para-hydroxylation sites is 1. The zero-order valence-electron chi connectivity index (χ0n) is 18.4. The Kier molecular flexibility index (Phi) is 4.61. The highest BCUT2D eigenvalue weighted by atomic mass is 16.5. The third kappa shape index (κ3) is 2.77. The highest BCUT2D eigenvalue weighted by Crippen LogP contribution is 2.57. The molecule has 3 aliphatic heterocycles. The van der Waals surface area contributed by atoms with Gasteiger partial charge in [-0.15, -0.1) is 0 Å². The summed E-state index contributed by atoms with van der Waals surface area (Å²) in [6.07, 6.45) is 4.76. The Morgan fingerprint density at radius 2 is 1.94 bits per heavy atom. The molecular weight excluding hydrogens is 400 g/mol. The lowest BCUT2D eigenvalue weighted by Crippen LogP contribution is -2.49. The van der Waals surface area contributed by atoms with Crippen LogP contribution in [-0.2, 0) is 11.3 Å². The van der Waals surface area contributed by atoms with Crippen molar-refractivity contribution >= 4 is 5.91 Å². The first-order chi connectivity index (χ1) is 15.7. The molecule has 32 heavy (non-hydrogen) atoms. The van der Waals surface area contributed by atoms with E-state index in [1.165, 1.54) is 5.56 Å². The molecule has 3 saturated heterocycles. The summed E-state index contributed by atoms with van der Waals surface area (Å²) in [5.41, 5.74) is 3.14. The third-order valence-corrected chi connectivity index (χ3v) is 7.79. The van der Waals surface area contributed by atoms with Gasteiger partial charge in [0.15, 0.2) is 0 Å². The Hall–Kier alpha value is -3.05. The van der Waals surface area contributed by atoms with Crippen molar-refractivity contribution in [2.24, 2.45) is 5.92 Å². The van der Waals surface area contributed by atoms with Crippen molar-refractivity contribution in [3.63, 3.8) is 0 Å². The summed E-state index contributed by atoms with van der Waals surface area (Å²) in [4.78, 5) is 18.5. The van der Waals surface area contributed by atoms with Crippen LogP contribution in [0.2, 0.25) is 0 Å². The van der Waals surface area contributed by atoms with Gasteiger partial charge in [0, 0.05) is 36.2 Å². The molecule has 0 aliphatic carbocycles. The molecule has 3 fully saturated rings. The Labute approximate surface area is 188 Å². The number of ether oxygens (including phenoxy) is 1. The van der Waals surface area contributed by atoms with Crippen molar-refractivity contribution < 1.29 is 13.9 Å². The van der Waals surface area contributed by atoms with E-state index < -0.39 is 0 Å². The van der Waals surface area contributed by atoms with Crippen LogP contribution in [0.15, 0.2) is 71.3 Å². The van der Waals surface area contributed by atoms with Crippen LogP contribution >= 0.6 is 0 Å².